The first-order chi connectivity index (χ1) is 15.6. The minimum absolute atomic E-state index is 0.00285. The highest BCUT2D eigenvalue weighted by Gasteiger charge is 2.22. The Labute approximate surface area is 197 Å². The van der Waals surface area contributed by atoms with Crippen molar-refractivity contribution in [3.05, 3.63) is 71.2 Å². The van der Waals surface area contributed by atoms with E-state index in [2.05, 4.69) is 15.2 Å². The Morgan fingerprint density at radius 1 is 1.09 bits per heavy atom. The molecule has 2 heterocycles. The number of nitrogens with one attached hydrogen (secondary N) is 1. The zero-order chi connectivity index (χ0) is 23.8. The zero-order valence-electron chi connectivity index (χ0n) is 18.9. The summed E-state index contributed by atoms with van der Waals surface area (Å²) in [5, 5.41) is 9.83. The molecule has 0 atom stereocenters. The normalized spacial score (nSPS) is 11.8. The molecule has 10 heteroatoms. The van der Waals surface area contributed by atoms with Crippen molar-refractivity contribution in [3.63, 3.8) is 0 Å². The Bertz CT molecular complexity index is 1420. The van der Waals surface area contributed by atoms with Gasteiger partial charge in [0.1, 0.15) is 0 Å². The molecule has 0 saturated carbocycles. The van der Waals surface area contributed by atoms with Gasteiger partial charge in [-0.3, -0.25) is 9.10 Å². The molecule has 0 fully saturated rings. The number of sulfonamides is 1. The van der Waals surface area contributed by atoms with Gasteiger partial charge in [0.2, 0.25) is 10.0 Å². The number of H-pyrrole nitrogens is 1. The lowest BCUT2D eigenvalue weighted by Crippen LogP contribution is -2.30. The van der Waals surface area contributed by atoms with Crippen LogP contribution in [0.3, 0.4) is 0 Å². The van der Waals surface area contributed by atoms with Crippen molar-refractivity contribution in [2.45, 2.75) is 25.5 Å². The van der Waals surface area contributed by atoms with E-state index in [0.29, 0.717) is 22.2 Å². The van der Waals surface area contributed by atoms with Crippen LogP contribution in [0.25, 0.3) is 10.9 Å². The minimum Gasteiger partial charge on any atom is -0.358 e. The lowest BCUT2D eigenvalue weighted by molar-refractivity contribution is 0.102. The van der Waals surface area contributed by atoms with Gasteiger partial charge in [-0.25, -0.2) is 8.42 Å². The van der Waals surface area contributed by atoms with Crippen LogP contribution in [0.2, 0.25) is 0 Å². The Morgan fingerprint density at radius 3 is 2.48 bits per heavy atom. The molecule has 0 amide bonds. The number of carbonyl (C=O) groups is 1. The molecule has 0 bridgehead atoms. The van der Waals surface area contributed by atoms with Crippen LogP contribution in [0.1, 0.15) is 27.4 Å². The zero-order valence-corrected chi connectivity index (χ0v) is 20.5. The van der Waals surface area contributed by atoms with E-state index in [0.717, 1.165) is 22.2 Å². The average molecular weight is 484 g/mol. The molecule has 0 saturated heterocycles. The largest absolute Gasteiger partial charge is 0.358 e. The van der Waals surface area contributed by atoms with E-state index in [9.17, 15) is 13.2 Å². The highest BCUT2D eigenvalue weighted by atomic mass is 32.2. The van der Waals surface area contributed by atoms with Crippen LogP contribution in [-0.2, 0) is 23.6 Å². The van der Waals surface area contributed by atoms with Crippen molar-refractivity contribution in [2.75, 3.05) is 16.3 Å². The van der Waals surface area contributed by atoms with Crippen molar-refractivity contribution in [3.8, 4) is 0 Å². The molecular formula is C23H25N5O3S2. The van der Waals surface area contributed by atoms with Crippen LogP contribution in [0.5, 0.6) is 0 Å². The molecule has 2 aromatic carbocycles. The number of aromatic amines is 1. The second kappa shape index (κ2) is 9.03. The number of nitrogens with zero attached hydrogens (tertiary/aromatic N) is 4. The maximum absolute atomic E-state index is 13.0. The van der Waals surface area contributed by atoms with Crippen molar-refractivity contribution in [2.24, 2.45) is 7.05 Å². The quantitative estimate of drug-likeness (QED) is 0.302. The molecular weight excluding hydrogens is 458 g/mol. The number of para-hydroxylation sites is 1. The summed E-state index contributed by atoms with van der Waals surface area (Å²) < 4.78 is 27.9. The number of aromatic nitrogens is 4. The number of aryl methyl sites for hydroxylation is 2. The van der Waals surface area contributed by atoms with Gasteiger partial charge < -0.3 is 9.55 Å². The van der Waals surface area contributed by atoms with Crippen LogP contribution in [-0.4, -0.2) is 46.0 Å². The van der Waals surface area contributed by atoms with E-state index in [1.807, 2.05) is 50.2 Å². The number of fused-ring (bicyclic) bond motifs is 1. The third-order valence-electron chi connectivity index (χ3n) is 5.44. The molecule has 172 valence electrons. The Balaban J connectivity index is 1.52. The summed E-state index contributed by atoms with van der Waals surface area (Å²) in [6.45, 7) is 3.88. The fourth-order valence-electron chi connectivity index (χ4n) is 3.69. The second-order valence-corrected chi connectivity index (χ2v) is 10.8. The van der Waals surface area contributed by atoms with Gasteiger partial charge in [-0.15, -0.1) is 10.2 Å². The van der Waals surface area contributed by atoms with Crippen LogP contribution in [0.4, 0.5) is 5.69 Å². The molecule has 2 aromatic heterocycles. The lowest BCUT2D eigenvalue weighted by Gasteiger charge is -2.22. The predicted octanol–water partition coefficient (Wildman–Crippen LogP) is 3.85. The molecule has 0 aliphatic heterocycles. The molecule has 0 spiro atoms. The van der Waals surface area contributed by atoms with Crippen LogP contribution in [0.15, 0.2) is 53.7 Å². The fraction of sp³-hybridized carbons (Fsp3) is 0.261. The fourth-order valence-corrected chi connectivity index (χ4v) is 5.34. The van der Waals surface area contributed by atoms with E-state index >= 15 is 0 Å². The predicted molar refractivity (Wildman–Crippen MR) is 131 cm³/mol. The van der Waals surface area contributed by atoms with E-state index < -0.39 is 10.0 Å². The molecule has 0 unspecified atom stereocenters. The summed E-state index contributed by atoms with van der Waals surface area (Å²) in [6.07, 6.45) is 1.17. The number of Topliss-reactive ketones (excluding diaryl/α,β-unsaturated/α-hetero) is 1. The number of anilines is 1. The number of benzene rings is 2. The summed E-state index contributed by atoms with van der Waals surface area (Å²) in [5.74, 6) is 0.679. The third kappa shape index (κ3) is 4.81. The topological polar surface area (TPSA) is 101 Å². The monoisotopic (exact) mass is 483 g/mol. The number of carbonyl (C=O) groups excluding carboxylic acids is 1. The van der Waals surface area contributed by atoms with Gasteiger partial charge in [-0.05, 0) is 32.0 Å². The first kappa shape index (κ1) is 23.1. The average Bonchev–Trinajstić information content (AvgIpc) is 3.29. The highest BCUT2D eigenvalue weighted by molar-refractivity contribution is 7.99. The Hall–Kier alpha value is -3.11. The number of hydrogen-bond acceptors (Lipinski definition) is 6. The summed E-state index contributed by atoms with van der Waals surface area (Å²) in [5.41, 5.74) is 4.05. The molecule has 33 heavy (non-hydrogen) atoms. The first-order valence-corrected chi connectivity index (χ1v) is 13.1. The molecule has 0 aliphatic carbocycles. The van der Waals surface area contributed by atoms with E-state index in [1.54, 1.807) is 23.7 Å². The molecule has 0 aliphatic rings. The van der Waals surface area contributed by atoms with Gasteiger partial charge >= 0.3 is 0 Å². The van der Waals surface area contributed by atoms with Crippen LogP contribution < -0.4 is 4.31 Å². The Morgan fingerprint density at radius 2 is 1.79 bits per heavy atom. The number of ketones is 1. The van der Waals surface area contributed by atoms with Crippen molar-refractivity contribution < 1.29 is 13.2 Å². The third-order valence-corrected chi connectivity index (χ3v) is 7.60. The van der Waals surface area contributed by atoms with Crippen LogP contribution >= 0.6 is 11.8 Å². The van der Waals surface area contributed by atoms with Gasteiger partial charge in [-0.2, -0.15) is 0 Å². The maximum Gasteiger partial charge on any atom is 0.232 e. The van der Waals surface area contributed by atoms with Crippen molar-refractivity contribution >= 4 is 44.2 Å². The smallest absolute Gasteiger partial charge is 0.232 e. The second-order valence-electron chi connectivity index (χ2n) is 7.95. The number of thioether (sulfide) groups is 1. The van der Waals surface area contributed by atoms with Crippen molar-refractivity contribution in [1.29, 1.82) is 0 Å². The summed E-state index contributed by atoms with van der Waals surface area (Å²) in [4.78, 5) is 16.2. The Kier molecular flexibility index (Phi) is 6.31. The first-order valence-electron chi connectivity index (χ1n) is 10.3. The summed E-state index contributed by atoms with van der Waals surface area (Å²) in [7, 11) is -1.76. The lowest BCUT2D eigenvalue weighted by atomic mass is 10.1. The van der Waals surface area contributed by atoms with Gasteiger partial charge in [0.05, 0.1) is 24.2 Å². The van der Waals surface area contributed by atoms with Gasteiger partial charge in [0, 0.05) is 29.2 Å². The minimum atomic E-state index is -3.53. The maximum atomic E-state index is 13.0. The highest BCUT2D eigenvalue weighted by Crippen LogP contribution is 2.26. The van der Waals surface area contributed by atoms with E-state index in [1.165, 1.54) is 22.3 Å². The van der Waals surface area contributed by atoms with E-state index in [4.69, 9.17) is 0 Å². The van der Waals surface area contributed by atoms with E-state index in [-0.39, 0.29) is 18.1 Å². The molecule has 1 N–H and O–H groups in total. The summed E-state index contributed by atoms with van der Waals surface area (Å²) in [6, 6.07) is 15.0. The van der Waals surface area contributed by atoms with Crippen LogP contribution in [0, 0.1) is 13.8 Å². The number of rotatable bonds is 8. The van der Waals surface area contributed by atoms with Gasteiger partial charge in [-0.1, -0.05) is 47.7 Å². The summed E-state index contributed by atoms with van der Waals surface area (Å²) >= 11 is 1.28. The molecule has 4 rings (SSSR count). The molecule has 8 nitrogen and oxygen atoms in total. The van der Waals surface area contributed by atoms with Gasteiger partial charge in [0.15, 0.2) is 16.8 Å². The SMILES string of the molecule is Cc1ccc(N(Cc2nnc(SCC(=O)c3c(C)[nH]c4ccccc34)n2C)S(C)(=O)=O)cc1. The molecule has 4 aromatic rings. The molecule has 0 radical (unpaired) electrons. The van der Waals surface area contributed by atoms with Crippen molar-refractivity contribution in [1.82, 2.24) is 19.7 Å². The number of hydrogen-bond donors (Lipinski definition) is 1. The van der Waals surface area contributed by atoms with Gasteiger partial charge in [0.25, 0.3) is 0 Å². The standard InChI is InChI=1S/C23H25N5O3S2/c1-15-9-11-17(12-10-15)28(33(4,30)31)13-21-25-26-23(27(21)3)32-14-20(29)22-16(2)24-19-8-6-5-7-18(19)22/h5-12,24H,13-14H2,1-4H3.